The van der Waals surface area contributed by atoms with E-state index in [-0.39, 0.29) is 22.4 Å². The van der Waals surface area contributed by atoms with E-state index in [1.807, 2.05) is 37.8 Å². The molecule has 0 unspecified atom stereocenters. The SMILES string of the molecule is CCn1c(C)ccc(C(=O)N2CCC(c3ccccc3)(c3csc(C)n3)CC2)c1=O. The van der Waals surface area contributed by atoms with Crippen molar-refractivity contribution >= 4 is 17.2 Å². The van der Waals surface area contributed by atoms with Crippen molar-refractivity contribution in [2.24, 2.45) is 0 Å². The van der Waals surface area contributed by atoms with Gasteiger partial charge in [0.15, 0.2) is 0 Å². The van der Waals surface area contributed by atoms with Crippen LogP contribution in [0.1, 0.15) is 52.1 Å². The van der Waals surface area contributed by atoms with Crippen molar-refractivity contribution in [3.63, 3.8) is 0 Å². The molecular weight excluding hydrogens is 394 g/mol. The number of piperidine rings is 1. The van der Waals surface area contributed by atoms with Crippen molar-refractivity contribution in [3.05, 3.63) is 85.7 Å². The molecule has 1 aliphatic heterocycles. The highest BCUT2D eigenvalue weighted by Crippen LogP contribution is 2.42. The zero-order chi connectivity index (χ0) is 21.3. The summed E-state index contributed by atoms with van der Waals surface area (Å²) in [5, 5.41) is 3.21. The maximum Gasteiger partial charge on any atom is 0.263 e. The van der Waals surface area contributed by atoms with Crippen LogP contribution in [0.5, 0.6) is 0 Å². The molecule has 1 saturated heterocycles. The molecule has 0 saturated carbocycles. The number of benzene rings is 1. The minimum atomic E-state index is -0.197. The minimum absolute atomic E-state index is 0.168. The summed E-state index contributed by atoms with van der Waals surface area (Å²) in [5.41, 5.74) is 3.08. The number of carbonyl (C=O) groups is 1. The van der Waals surface area contributed by atoms with Crippen LogP contribution in [-0.2, 0) is 12.0 Å². The van der Waals surface area contributed by atoms with Gasteiger partial charge in [-0.15, -0.1) is 11.3 Å². The fourth-order valence-corrected chi connectivity index (χ4v) is 5.23. The van der Waals surface area contributed by atoms with Crippen molar-refractivity contribution in [1.29, 1.82) is 0 Å². The summed E-state index contributed by atoms with van der Waals surface area (Å²) in [7, 11) is 0. The molecule has 0 bridgehead atoms. The monoisotopic (exact) mass is 421 g/mol. The molecule has 2 aromatic heterocycles. The van der Waals surface area contributed by atoms with Crippen LogP contribution >= 0.6 is 11.3 Å². The average Bonchev–Trinajstić information content (AvgIpc) is 3.21. The number of amides is 1. The van der Waals surface area contributed by atoms with Crippen LogP contribution in [0.4, 0.5) is 0 Å². The fraction of sp³-hybridized carbons (Fsp3) is 0.375. The first kappa shape index (κ1) is 20.5. The van der Waals surface area contributed by atoms with Crippen molar-refractivity contribution in [3.8, 4) is 0 Å². The molecule has 30 heavy (non-hydrogen) atoms. The van der Waals surface area contributed by atoms with Crippen LogP contribution < -0.4 is 5.56 Å². The molecule has 1 amide bonds. The Kier molecular flexibility index (Phi) is 5.60. The highest BCUT2D eigenvalue weighted by molar-refractivity contribution is 7.09. The van der Waals surface area contributed by atoms with E-state index in [0.29, 0.717) is 19.6 Å². The third-order valence-corrected chi connectivity index (χ3v) is 7.05. The van der Waals surface area contributed by atoms with Crippen LogP contribution in [0.3, 0.4) is 0 Å². The quantitative estimate of drug-likeness (QED) is 0.636. The predicted molar refractivity (Wildman–Crippen MR) is 120 cm³/mol. The summed E-state index contributed by atoms with van der Waals surface area (Å²) in [6.45, 7) is 7.61. The molecule has 156 valence electrons. The summed E-state index contributed by atoms with van der Waals surface area (Å²) in [6.07, 6.45) is 1.58. The van der Waals surface area contributed by atoms with E-state index in [4.69, 9.17) is 4.98 Å². The number of carbonyl (C=O) groups excluding carboxylic acids is 1. The van der Waals surface area contributed by atoms with Gasteiger partial charge < -0.3 is 9.47 Å². The van der Waals surface area contributed by atoms with Crippen molar-refractivity contribution < 1.29 is 4.79 Å². The first-order chi connectivity index (χ1) is 14.5. The molecule has 0 atom stereocenters. The van der Waals surface area contributed by atoms with E-state index < -0.39 is 0 Å². The van der Waals surface area contributed by atoms with E-state index in [1.54, 1.807) is 22.0 Å². The van der Waals surface area contributed by atoms with Gasteiger partial charge in [-0.05, 0) is 51.3 Å². The van der Waals surface area contributed by atoms with Gasteiger partial charge in [0.2, 0.25) is 0 Å². The number of rotatable bonds is 4. The molecule has 1 fully saturated rings. The standard InChI is InChI=1S/C24H27N3O2S/c1-4-27-17(2)10-11-20(23(27)29)22(28)26-14-12-24(13-15-26,19-8-6-5-7-9-19)21-16-30-18(3)25-21/h5-11,16H,4,12-15H2,1-3H3. The number of hydrogen-bond acceptors (Lipinski definition) is 4. The molecule has 6 heteroatoms. The van der Waals surface area contributed by atoms with E-state index in [1.165, 1.54) is 5.56 Å². The zero-order valence-electron chi connectivity index (χ0n) is 17.7. The smallest absolute Gasteiger partial charge is 0.263 e. The van der Waals surface area contributed by atoms with Crippen molar-refractivity contribution in [2.75, 3.05) is 13.1 Å². The van der Waals surface area contributed by atoms with Gasteiger partial charge in [0.1, 0.15) is 5.56 Å². The molecule has 3 heterocycles. The van der Waals surface area contributed by atoms with Crippen LogP contribution in [0.2, 0.25) is 0 Å². The molecule has 0 spiro atoms. The summed E-state index contributed by atoms with van der Waals surface area (Å²) < 4.78 is 1.66. The van der Waals surface area contributed by atoms with Gasteiger partial charge in [0, 0.05) is 36.1 Å². The second-order valence-corrected chi connectivity index (χ2v) is 8.99. The zero-order valence-corrected chi connectivity index (χ0v) is 18.5. The van der Waals surface area contributed by atoms with E-state index in [0.717, 1.165) is 29.2 Å². The van der Waals surface area contributed by atoms with E-state index >= 15 is 0 Å². The second kappa shape index (κ2) is 8.19. The largest absolute Gasteiger partial charge is 0.338 e. The van der Waals surface area contributed by atoms with Gasteiger partial charge in [-0.25, -0.2) is 4.98 Å². The third kappa shape index (κ3) is 3.49. The number of aromatic nitrogens is 2. The van der Waals surface area contributed by atoms with Gasteiger partial charge in [0.25, 0.3) is 11.5 Å². The summed E-state index contributed by atoms with van der Waals surface area (Å²) >= 11 is 1.67. The normalized spacial score (nSPS) is 15.9. The summed E-state index contributed by atoms with van der Waals surface area (Å²) in [6, 6.07) is 14.0. The van der Waals surface area contributed by atoms with Crippen LogP contribution in [0.15, 0.2) is 52.6 Å². The van der Waals surface area contributed by atoms with Gasteiger partial charge in [-0.1, -0.05) is 30.3 Å². The molecule has 0 aliphatic carbocycles. The number of hydrogen-bond donors (Lipinski definition) is 0. The van der Waals surface area contributed by atoms with Gasteiger partial charge in [0.05, 0.1) is 10.7 Å². The lowest BCUT2D eigenvalue weighted by atomic mass is 9.70. The molecule has 1 aliphatic rings. The second-order valence-electron chi connectivity index (χ2n) is 7.93. The fourth-order valence-electron chi connectivity index (χ4n) is 4.52. The Balaban J connectivity index is 1.63. The molecule has 1 aromatic carbocycles. The molecule has 0 N–H and O–H groups in total. The Morgan fingerprint density at radius 3 is 2.40 bits per heavy atom. The first-order valence-electron chi connectivity index (χ1n) is 10.4. The number of aryl methyl sites for hydroxylation is 2. The summed E-state index contributed by atoms with van der Waals surface area (Å²) in [5.74, 6) is -0.168. The maximum atomic E-state index is 13.2. The lowest BCUT2D eigenvalue weighted by molar-refractivity contribution is 0.0681. The van der Waals surface area contributed by atoms with Crippen molar-refractivity contribution in [1.82, 2.24) is 14.5 Å². The Labute approximate surface area is 181 Å². The van der Waals surface area contributed by atoms with Crippen LogP contribution in [-0.4, -0.2) is 33.4 Å². The third-order valence-electron chi connectivity index (χ3n) is 6.28. The maximum absolute atomic E-state index is 13.2. The predicted octanol–water partition coefficient (Wildman–Crippen LogP) is 4.16. The van der Waals surface area contributed by atoms with E-state index in [9.17, 15) is 9.59 Å². The van der Waals surface area contributed by atoms with Crippen LogP contribution in [0, 0.1) is 13.8 Å². The average molecular weight is 422 g/mol. The molecule has 4 rings (SSSR count). The Bertz CT molecular complexity index is 1110. The summed E-state index contributed by atoms with van der Waals surface area (Å²) in [4.78, 5) is 32.6. The lowest BCUT2D eigenvalue weighted by Gasteiger charge is -2.41. The minimum Gasteiger partial charge on any atom is -0.338 e. The first-order valence-corrected chi connectivity index (χ1v) is 11.3. The Morgan fingerprint density at radius 1 is 1.10 bits per heavy atom. The van der Waals surface area contributed by atoms with Crippen LogP contribution in [0.25, 0.3) is 0 Å². The van der Waals surface area contributed by atoms with Crippen molar-refractivity contribution in [2.45, 2.75) is 45.6 Å². The van der Waals surface area contributed by atoms with E-state index in [2.05, 4.69) is 29.6 Å². The molecular formula is C24H27N3O2S. The molecule has 5 nitrogen and oxygen atoms in total. The van der Waals surface area contributed by atoms with Gasteiger partial charge in [-0.2, -0.15) is 0 Å². The number of likely N-dealkylation sites (tertiary alicyclic amines) is 1. The van der Waals surface area contributed by atoms with Gasteiger partial charge >= 0.3 is 0 Å². The molecule has 0 radical (unpaired) electrons. The number of thiazole rings is 1. The molecule has 3 aromatic rings. The number of nitrogens with zero attached hydrogens (tertiary/aromatic N) is 3. The topological polar surface area (TPSA) is 55.2 Å². The Morgan fingerprint density at radius 2 is 1.80 bits per heavy atom. The highest BCUT2D eigenvalue weighted by Gasteiger charge is 2.41. The highest BCUT2D eigenvalue weighted by atomic mass is 32.1. The van der Waals surface area contributed by atoms with Gasteiger partial charge in [-0.3, -0.25) is 9.59 Å². The Hall–Kier alpha value is -2.73. The number of pyridine rings is 1. The lowest BCUT2D eigenvalue weighted by Crippen LogP contribution is -2.47.